The molecular formula is C16H22FN3. The van der Waals surface area contributed by atoms with Gasteiger partial charge in [0.05, 0.1) is 12.2 Å². The van der Waals surface area contributed by atoms with E-state index in [1.54, 1.807) is 6.07 Å². The molecule has 0 aliphatic rings. The van der Waals surface area contributed by atoms with E-state index in [9.17, 15) is 4.39 Å². The van der Waals surface area contributed by atoms with Crippen LogP contribution in [0.25, 0.3) is 0 Å². The Kier molecular flexibility index (Phi) is 4.90. The van der Waals surface area contributed by atoms with Crippen molar-refractivity contribution in [2.45, 2.75) is 40.3 Å². The highest BCUT2D eigenvalue weighted by Gasteiger charge is 2.07. The van der Waals surface area contributed by atoms with E-state index in [0.29, 0.717) is 12.1 Å². The molecule has 0 amide bonds. The second kappa shape index (κ2) is 6.66. The van der Waals surface area contributed by atoms with Gasteiger partial charge < -0.3 is 5.32 Å². The monoisotopic (exact) mass is 275 g/mol. The number of nitrogens with zero attached hydrogens (tertiary/aromatic N) is 2. The number of benzene rings is 1. The summed E-state index contributed by atoms with van der Waals surface area (Å²) in [6.45, 7) is 8.30. The first kappa shape index (κ1) is 14.7. The van der Waals surface area contributed by atoms with Crippen molar-refractivity contribution in [1.82, 2.24) is 15.1 Å². The van der Waals surface area contributed by atoms with Crippen molar-refractivity contribution < 1.29 is 4.39 Å². The first-order valence-electron chi connectivity index (χ1n) is 7.09. The Bertz CT molecular complexity index is 575. The molecule has 0 aliphatic heterocycles. The summed E-state index contributed by atoms with van der Waals surface area (Å²) in [6, 6.07) is 7.31. The predicted molar refractivity (Wildman–Crippen MR) is 79.2 cm³/mol. The van der Waals surface area contributed by atoms with Crippen molar-refractivity contribution in [3.63, 3.8) is 0 Å². The fraction of sp³-hybridized carbons (Fsp3) is 0.438. The smallest absolute Gasteiger partial charge is 0.128 e. The first-order chi connectivity index (χ1) is 9.60. The Morgan fingerprint density at radius 3 is 2.70 bits per heavy atom. The van der Waals surface area contributed by atoms with Gasteiger partial charge in [0, 0.05) is 17.8 Å². The molecule has 1 N–H and O–H groups in total. The summed E-state index contributed by atoms with van der Waals surface area (Å²) in [5, 5.41) is 7.72. The Morgan fingerprint density at radius 2 is 2.05 bits per heavy atom. The molecule has 0 radical (unpaired) electrons. The van der Waals surface area contributed by atoms with E-state index in [-0.39, 0.29) is 5.82 Å². The zero-order valence-corrected chi connectivity index (χ0v) is 12.4. The van der Waals surface area contributed by atoms with Crippen molar-refractivity contribution in [1.29, 1.82) is 0 Å². The average Bonchev–Trinajstić information content (AvgIpc) is 2.72. The lowest BCUT2D eigenvalue weighted by molar-refractivity contribution is 0.576. The van der Waals surface area contributed by atoms with Crippen molar-refractivity contribution in [3.8, 4) is 0 Å². The maximum absolute atomic E-state index is 13.9. The number of nitrogens with one attached hydrogen (secondary N) is 1. The summed E-state index contributed by atoms with van der Waals surface area (Å²) < 4.78 is 15.8. The number of rotatable bonds is 6. The van der Waals surface area contributed by atoms with Crippen molar-refractivity contribution >= 4 is 0 Å². The molecule has 0 saturated heterocycles. The van der Waals surface area contributed by atoms with Crippen LogP contribution in [0.1, 0.15) is 35.9 Å². The van der Waals surface area contributed by atoms with Gasteiger partial charge in [0.2, 0.25) is 0 Å². The van der Waals surface area contributed by atoms with Gasteiger partial charge in [0.25, 0.3) is 0 Å². The fourth-order valence-corrected chi connectivity index (χ4v) is 2.27. The van der Waals surface area contributed by atoms with Gasteiger partial charge in [-0.05, 0) is 50.6 Å². The van der Waals surface area contributed by atoms with Crippen molar-refractivity contribution in [2.24, 2.45) is 0 Å². The summed E-state index contributed by atoms with van der Waals surface area (Å²) >= 11 is 0. The third-order valence-corrected chi connectivity index (χ3v) is 3.29. The summed E-state index contributed by atoms with van der Waals surface area (Å²) in [5.41, 5.74) is 3.81. The zero-order valence-electron chi connectivity index (χ0n) is 12.4. The fourth-order valence-electron chi connectivity index (χ4n) is 2.27. The lowest BCUT2D eigenvalue weighted by Gasteiger charge is -2.09. The number of aromatic nitrogens is 2. The van der Waals surface area contributed by atoms with Crippen LogP contribution in [0, 0.1) is 19.7 Å². The second-order valence-corrected chi connectivity index (χ2v) is 5.19. The molecule has 20 heavy (non-hydrogen) atoms. The van der Waals surface area contributed by atoms with E-state index in [0.717, 1.165) is 36.5 Å². The van der Waals surface area contributed by atoms with Crippen LogP contribution in [0.2, 0.25) is 0 Å². The minimum absolute atomic E-state index is 0.170. The topological polar surface area (TPSA) is 29.9 Å². The molecule has 0 unspecified atom stereocenters. The Hall–Kier alpha value is -1.68. The van der Waals surface area contributed by atoms with Gasteiger partial charge in [-0.2, -0.15) is 5.10 Å². The molecule has 0 spiro atoms. The Labute approximate surface area is 119 Å². The quantitative estimate of drug-likeness (QED) is 0.821. The number of hydrogen-bond acceptors (Lipinski definition) is 2. The van der Waals surface area contributed by atoms with Crippen LogP contribution >= 0.6 is 0 Å². The van der Waals surface area contributed by atoms with E-state index < -0.39 is 0 Å². The summed E-state index contributed by atoms with van der Waals surface area (Å²) in [4.78, 5) is 0. The SMILES string of the molecule is CCCNCc1ccc(F)c(Cn2nc(C)cc2C)c1. The van der Waals surface area contributed by atoms with E-state index in [1.807, 2.05) is 36.7 Å². The molecule has 0 atom stereocenters. The first-order valence-corrected chi connectivity index (χ1v) is 7.09. The second-order valence-electron chi connectivity index (χ2n) is 5.19. The standard InChI is InChI=1S/C16H22FN3/c1-4-7-18-10-14-5-6-16(17)15(9-14)11-20-13(3)8-12(2)19-20/h5-6,8-9,18H,4,7,10-11H2,1-3H3. The van der Waals surface area contributed by atoms with Gasteiger partial charge >= 0.3 is 0 Å². The van der Waals surface area contributed by atoms with Crippen LogP contribution in [-0.4, -0.2) is 16.3 Å². The molecule has 0 saturated carbocycles. The maximum Gasteiger partial charge on any atom is 0.128 e. The van der Waals surface area contributed by atoms with E-state index in [1.165, 1.54) is 0 Å². The number of aryl methyl sites for hydroxylation is 2. The van der Waals surface area contributed by atoms with Crippen molar-refractivity contribution in [3.05, 3.63) is 52.6 Å². The molecule has 1 aromatic carbocycles. The van der Waals surface area contributed by atoms with E-state index >= 15 is 0 Å². The van der Waals surface area contributed by atoms with Crippen molar-refractivity contribution in [2.75, 3.05) is 6.54 Å². The van der Waals surface area contributed by atoms with Gasteiger partial charge in [0.1, 0.15) is 5.82 Å². The van der Waals surface area contributed by atoms with Crippen LogP contribution in [0.15, 0.2) is 24.3 Å². The molecule has 1 aromatic heterocycles. The molecule has 1 heterocycles. The van der Waals surface area contributed by atoms with Gasteiger partial charge in [-0.1, -0.05) is 13.0 Å². The molecule has 0 aliphatic carbocycles. The van der Waals surface area contributed by atoms with E-state index in [4.69, 9.17) is 0 Å². The molecule has 3 nitrogen and oxygen atoms in total. The predicted octanol–water partition coefficient (Wildman–Crippen LogP) is 3.19. The minimum Gasteiger partial charge on any atom is -0.313 e. The molecule has 4 heteroatoms. The molecule has 2 aromatic rings. The minimum atomic E-state index is -0.170. The summed E-state index contributed by atoms with van der Waals surface area (Å²) in [6.07, 6.45) is 1.10. The van der Waals surface area contributed by atoms with Gasteiger partial charge in [-0.25, -0.2) is 4.39 Å². The highest BCUT2D eigenvalue weighted by molar-refractivity contribution is 5.26. The van der Waals surface area contributed by atoms with E-state index in [2.05, 4.69) is 17.3 Å². The highest BCUT2D eigenvalue weighted by atomic mass is 19.1. The third-order valence-electron chi connectivity index (χ3n) is 3.29. The number of hydrogen-bond donors (Lipinski definition) is 1. The summed E-state index contributed by atoms with van der Waals surface area (Å²) in [5.74, 6) is -0.170. The zero-order chi connectivity index (χ0) is 14.5. The highest BCUT2D eigenvalue weighted by Crippen LogP contribution is 2.14. The van der Waals surface area contributed by atoms with Gasteiger partial charge in [-0.3, -0.25) is 4.68 Å². The number of halogens is 1. The normalized spacial score (nSPS) is 11.0. The van der Waals surface area contributed by atoms with Crippen LogP contribution < -0.4 is 5.32 Å². The van der Waals surface area contributed by atoms with Crippen LogP contribution in [0.5, 0.6) is 0 Å². The van der Waals surface area contributed by atoms with Crippen LogP contribution in [-0.2, 0) is 13.1 Å². The molecule has 2 rings (SSSR count). The average molecular weight is 275 g/mol. The molecule has 0 bridgehead atoms. The molecule has 0 fully saturated rings. The van der Waals surface area contributed by atoms with Crippen LogP contribution in [0.4, 0.5) is 4.39 Å². The largest absolute Gasteiger partial charge is 0.313 e. The van der Waals surface area contributed by atoms with Gasteiger partial charge in [-0.15, -0.1) is 0 Å². The molecule has 108 valence electrons. The van der Waals surface area contributed by atoms with Gasteiger partial charge in [0.15, 0.2) is 0 Å². The Balaban J connectivity index is 2.14. The maximum atomic E-state index is 13.9. The lowest BCUT2D eigenvalue weighted by atomic mass is 10.1. The Morgan fingerprint density at radius 1 is 1.25 bits per heavy atom. The molecular weight excluding hydrogens is 253 g/mol. The third kappa shape index (κ3) is 3.67. The summed E-state index contributed by atoms with van der Waals surface area (Å²) in [7, 11) is 0. The lowest BCUT2D eigenvalue weighted by Crippen LogP contribution is -2.14. The van der Waals surface area contributed by atoms with Crippen LogP contribution in [0.3, 0.4) is 0 Å².